The maximum absolute atomic E-state index is 6.15. The third-order valence-corrected chi connectivity index (χ3v) is 2.65. The molecular weight excluding hydrogens is 198 g/mol. The van der Waals surface area contributed by atoms with Gasteiger partial charge in [-0.3, -0.25) is 0 Å². The molecule has 0 aliphatic rings. The highest BCUT2D eigenvalue weighted by Crippen LogP contribution is 2.22. The summed E-state index contributed by atoms with van der Waals surface area (Å²) in [4.78, 5) is 0. The Balaban J connectivity index is 2.60. The van der Waals surface area contributed by atoms with Gasteiger partial charge in [-0.05, 0) is 43.4 Å². The van der Waals surface area contributed by atoms with Gasteiger partial charge in [-0.25, -0.2) is 0 Å². The fourth-order valence-electron chi connectivity index (χ4n) is 1.68. The molecule has 0 saturated carbocycles. The number of ether oxygens (including phenoxy) is 1. The molecule has 0 radical (unpaired) electrons. The number of nitrogens with two attached hydrogens (primary N) is 1. The van der Waals surface area contributed by atoms with Crippen LogP contribution in [0, 0.1) is 5.92 Å². The fraction of sp³-hybridized carbons (Fsp3) is 0.571. The summed E-state index contributed by atoms with van der Waals surface area (Å²) in [6, 6.07) is 8.24. The molecule has 90 valence electrons. The van der Waals surface area contributed by atoms with Gasteiger partial charge in [0, 0.05) is 6.04 Å². The predicted molar refractivity (Wildman–Crippen MR) is 68.6 cm³/mol. The van der Waals surface area contributed by atoms with E-state index in [1.54, 1.807) is 0 Å². The van der Waals surface area contributed by atoms with E-state index in [0.29, 0.717) is 12.5 Å². The largest absolute Gasteiger partial charge is 0.494 e. The van der Waals surface area contributed by atoms with Gasteiger partial charge in [0.25, 0.3) is 0 Å². The molecule has 0 saturated heterocycles. The Morgan fingerprint density at radius 2 is 2.00 bits per heavy atom. The average molecular weight is 221 g/mol. The monoisotopic (exact) mass is 221 g/mol. The van der Waals surface area contributed by atoms with Crippen molar-refractivity contribution >= 4 is 0 Å². The molecule has 1 aromatic rings. The Kier molecular flexibility index (Phi) is 5.33. The molecule has 2 N–H and O–H groups in total. The zero-order valence-corrected chi connectivity index (χ0v) is 10.6. The predicted octanol–water partition coefficient (Wildman–Crippen LogP) is 3.52. The minimum Gasteiger partial charge on any atom is -0.494 e. The molecule has 1 unspecified atom stereocenters. The minimum absolute atomic E-state index is 0.128. The second kappa shape index (κ2) is 6.54. The van der Waals surface area contributed by atoms with Crippen molar-refractivity contribution < 1.29 is 4.74 Å². The third-order valence-electron chi connectivity index (χ3n) is 2.65. The van der Waals surface area contributed by atoms with Gasteiger partial charge in [0.05, 0.1) is 6.61 Å². The molecule has 0 bridgehead atoms. The Hall–Kier alpha value is -1.02. The highest BCUT2D eigenvalue weighted by atomic mass is 16.5. The van der Waals surface area contributed by atoms with Crippen molar-refractivity contribution in [3.05, 3.63) is 29.8 Å². The van der Waals surface area contributed by atoms with Crippen LogP contribution in [0.15, 0.2) is 24.3 Å². The number of rotatable bonds is 6. The smallest absolute Gasteiger partial charge is 0.119 e. The summed E-state index contributed by atoms with van der Waals surface area (Å²) >= 11 is 0. The van der Waals surface area contributed by atoms with Crippen LogP contribution in [0.25, 0.3) is 0 Å². The van der Waals surface area contributed by atoms with Gasteiger partial charge in [-0.15, -0.1) is 0 Å². The molecule has 0 spiro atoms. The van der Waals surface area contributed by atoms with Crippen LogP contribution >= 0.6 is 0 Å². The molecule has 1 atom stereocenters. The molecule has 0 aliphatic carbocycles. The maximum atomic E-state index is 6.15. The van der Waals surface area contributed by atoms with Crippen molar-refractivity contribution in [2.45, 2.75) is 39.7 Å². The van der Waals surface area contributed by atoms with Crippen LogP contribution in [0.4, 0.5) is 0 Å². The van der Waals surface area contributed by atoms with Crippen molar-refractivity contribution in [2.75, 3.05) is 6.61 Å². The van der Waals surface area contributed by atoms with Gasteiger partial charge in [-0.1, -0.05) is 26.0 Å². The molecule has 16 heavy (non-hydrogen) atoms. The van der Waals surface area contributed by atoms with Crippen LogP contribution in [0.1, 0.15) is 45.2 Å². The summed E-state index contributed by atoms with van der Waals surface area (Å²) in [5, 5.41) is 0. The quantitative estimate of drug-likeness (QED) is 0.797. The summed E-state index contributed by atoms with van der Waals surface area (Å²) in [6.07, 6.45) is 2.20. The summed E-state index contributed by atoms with van der Waals surface area (Å²) in [7, 11) is 0. The Labute approximate surface area is 98.8 Å². The first-order valence-electron chi connectivity index (χ1n) is 6.11. The van der Waals surface area contributed by atoms with Crippen LogP contribution in [-0.2, 0) is 0 Å². The van der Waals surface area contributed by atoms with Gasteiger partial charge in [-0.2, -0.15) is 0 Å². The first-order valence-corrected chi connectivity index (χ1v) is 6.11. The van der Waals surface area contributed by atoms with E-state index in [1.165, 1.54) is 12.0 Å². The van der Waals surface area contributed by atoms with E-state index in [4.69, 9.17) is 10.5 Å². The van der Waals surface area contributed by atoms with Crippen molar-refractivity contribution in [3.8, 4) is 5.75 Å². The lowest BCUT2D eigenvalue weighted by molar-refractivity contribution is 0.339. The Morgan fingerprint density at radius 1 is 1.25 bits per heavy atom. The SMILES string of the molecule is CCOc1cccc(C(N)CCC(C)C)c1. The summed E-state index contributed by atoms with van der Waals surface area (Å²) in [6.45, 7) is 7.14. The van der Waals surface area contributed by atoms with Gasteiger partial charge in [0.15, 0.2) is 0 Å². The van der Waals surface area contributed by atoms with E-state index in [2.05, 4.69) is 26.0 Å². The number of benzene rings is 1. The highest BCUT2D eigenvalue weighted by molar-refractivity contribution is 5.30. The van der Waals surface area contributed by atoms with Crippen molar-refractivity contribution in [1.29, 1.82) is 0 Å². The number of hydrogen-bond donors (Lipinski definition) is 1. The van der Waals surface area contributed by atoms with E-state index >= 15 is 0 Å². The highest BCUT2D eigenvalue weighted by Gasteiger charge is 2.07. The van der Waals surface area contributed by atoms with Crippen LogP contribution in [0.3, 0.4) is 0 Å². The Bertz CT molecular complexity index is 309. The van der Waals surface area contributed by atoms with E-state index in [1.807, 2.05) is 19.1 Å². The molecule has 1 rings (SSSR count). The maximum Gasteiger partial charge on any atom is 0.119 e. The summed E-state index contributed by atoms with van der Waals surface area (Å²) in [5.74, 6) is 1.63. The third kappa shape index (κ3) is 4.23. The van der Waals surface area contributed by atoms with Crippen LogP contribution < -0.4 is 10.5 Å². The van der Waals surface area contributed by atoms with Gasteiger partial charge in [0.2, 0.25) is 0 Å². The standard InChI is InChI=1S/C14H23NO/c1-4-16-13-7-5-6-12(10-13)14(15)9-8-11(2)3/h5-7,10-11,14H,4,8-9,15H2,1-3H3. The second-order valence-electron chi connectivity index (χ2n) is 4.58. The zero-order chi connectivity index (χ0) is 12.0. The molecule has 1 aromatic carbocycles. The van der Waals surface area contributed by atoms with E-state index in [9.17, 15) is 0 Å². The lowest BCUT2D eigenvalue weighted by atomic mass is 9.98. The molecular formula is C14H23NO. The Morgan fingerprint density at radius 3 is 2.62 bits per heavy atom. The lowest BCUT2D eigenvalue weighted by Gasteiger charge is -2.14. The van der Waals surface area contributed by atoms with E-state index in [-0.39, 0.29) is 6.04 Å². The summed E-state index contributed by atoms with van der Waals surface area (Å²) < 4.78 is 5.47. The van der Waals surface area contributed by atoms with Crippen LogP contribution in [0.2, 0.25) is 0 Å². The van der Waals surface area contributed by atoms with Crippen LogP contribution in [-0.4, -0.2) is 6.61 Å². The van der Waals surface area contributed by atoms with E-state index in [0.717, 1.165) is 12.2 Å². The van der Waals surface area contributed by atoms with Crippen molar-refractivity contribution in [3.63, 3.8) is 0 Å². The minimum atomic E-state index is 0.128. The van der Waals surface area contributed by atoms with Crippen LogP contribution in [0.5, 0.6) is 5.75 Å². The molecule has 0 aromatic heterocycles. The van der Waals surface area contributed by atoms with Crippen molar-refractivity contribution in [1.82, 2.24) is 0 Å². The van der Waals surface area contributed by atoms with Gasteiger partial charge < -0.3 is 10.5 Å². The zero-order valence-electron chi connectivity index (χ0n) is 10.6. The molecule has 2 nitrogen and oxygen atoms in total. The van der Waals surface area contributed by atoms with Crippen molar-refractivity contribution in [2.24, 2.45) is 11.7 Å². The molecule has 0 amide bonds. The second-order valence-corrected chi connectivity index (χ2v) is 4.58. The first kappa shape index (κ1) is 13.0. The first-order chi connectivity index (χ1) is 7.63. The molecule has 0 aliphatic heterocycles. The molecule has 0 heterocycles. The van der Waals surface area contributed by atoms with E-state index < -0.39 is 0 Å². The molecule has 2 heteroatoms. The summed E-state index contributed by atoms with van der Waals surface area (Å²) in [5.41, 5.74) is 7.33. The topological polar surface area (TPSA) is 35.2 Å². The van der Waals surface area contributed by atoms with Gasteiger partial charge in [0.1, 0.15) is 5.75 Å². The number of hydrogen-bond acceptors (Lipinski definition) is 2. The van der Waals surface area contributed by atoms with Gasteiger partial charge >= 0.3 is 0 Å². The lowest BCUT2D eigenvalue weighted by Crippen LogP contribution is -2.11. The molecule has 0 fully saturated rings. The normalized spacial score (nSPS) is 12.8. The average Bonchev–Trinajstić information content (AvgIpc) is 2.26. The fourth-order valence-corrected chi connectivity index (χ4v) is 1.68.